The number of aromatic nitrogens is 2. The van der Waals surface area contributed by atoms with Gasteiger partial charge in [-0.3, -0.25) is 24.0 Å². The van der Waals surface area contributed by atoms with Gasteiger partial charge < -0.3 is 10.6 Å². The maximum absolute atomic E-state index is 12.8. The Bertz CT molecular complexity index is 1460. The summed E-state index contributed by atoms with van der Waals surface area (Å²) < 4.78 is 2.99. The fraction of sp³-hybridized carbons (Fsp3) is 0.130. The highest BCUT2D eigenvalue weighted by atomic mass is 35.5. The Kier molecular flexibility index (Phi) is 5.89. The molecule has 3 aromatic carbocycles. The van der Waals surface area contributed by atoms with E-state index in [4.69, 9.17) is 11.6 Å². The number of carbonyl (C=O) groups excluding carboxylic acids is 1. The monoisotopic (exact) mass is 465 g/mol. The Morgan fingerprint density at radius 2 is 1.76 bits per heavy atom. The Hall–Kier alpha value is -4.11. The average Bonchev–Trinajstić information content (AvgIpc) is 3.02. The SMILES string of the molecule is Cn1c(=O)n(C)c2cc(NC(=O)c3ccc(NCc4ccccc4Cl)c([N+](=O)[O-])c3)ccc21. The first-order chi connectivity index (χ1) is 15.8. The number of benzene rings is 3. The molecule has 0 radical (unpaired) electrons. The third-order valence-corrected chi connectivity index (χ3v) is 5.78. The van der Waals surface area contributed by atoms with Crippen molar-refractivity contribution in [2.45, 2.75) is 6.54 Å². The molecule has 168 valence electrons. The predicted molar refractivity (Wildman–Crippen MR) is 128 cm³/mol. The number of nitrogens with zero attached hydrogens (tertiary/aromatic N) is 3. The minimum Gasteiger partial charge on any atom is -0.375 e. The van der Waals surface area contributed by atoms with Crippen LogP contribution in [0.5, 0.6) is 0 Å². The number of fused-ring (bicyclic) bond motifs is 1. The van der Waals surface area contributed by atoms with E-state index < -0.39 is 10.8 Å². The second-order valence-corrected chi connectivity index (χ2v) is 7.90. The van der Waals surface area contributed by atoms with E-state index >= 15 is 0 Å². The highest BCUT2D eigenvalue weighted by Gasteiger charge is 2.18. The summed E-state index contributed by atoms with van der Waals surface area (Å²) in [7, 11) is 3.32. The van der Waals surface area contributed by atoms with Crippen LogP contribution in [0.15, 0.2) is 65.5 Å². The lowest BCUT2D eigenvalue weighted by Crippen LogP contribution is -2.19. The molecule has 0 bridgehead atoms. The van der Waals surface area contributed by atoms with Gasteiger partial charge in [-0.1, -0.05) is 29.8 Å². The number of nitro benzene ring substituents is 1. The highest BCUT2D eigenvalue weighted by molar-refractivity contribution is 6.31. The number of nitro groups is 1. The maximum atomic E-state index is 12.8. The standard InChI is InChI=1S/C23H20ClN5O4/c1-27-19-10-8-16(12-21(19)28(2)23(27)31)26-22(30)14-7-9-18(20(11-14)29(32)33)25-13-15-5-3-4-6-17(15)24/h3-12,25H,13H2,1-2H3,(H,26,30). The molecule has 0 aliphatic heterocycles. The molecule has 4 aromatic rings. The van der Waals surface area contributed by atoms with Gasteiger partial charge in [0.15, 0.2) is 0 Å². The summed E-state index contributed by atoms with van der Waals surface area (Å²) >= 11 is 6.15. The topological polar surface area (TPSA) is 111 Å². The van der Waals surface area contributed by atoms with Crippen LogP contribution in [0.1, 0.15) is 15.9 Å². The molecule has 0 aliphatic rings. The molecule has 0 spiro atoms. The largest absolute Gasteiger partial charge is 0.375 e. The first kappa shape index (κ1) is 22.1. The van der Waals surface area contributed by atoms with E-state index in [0.29, 0.717) is 22.8 Å². The van der Waals surface area contributed by atoms with Gasteiger partial charge in [-0.2, -0.15) is 0 Å². The summed E-state index contributed by atoms with van der Waals surface area (Å²) in [5.74, 6) is -0.504. The number of halogens is 1. The molecule has 4 rings (SSSR count). The van der Waals surface area contributed by atoms with Gasteiger partial charge in [-0.25, -0.2) is 4.79 Å². The van der Waals surface area contributed by atoms with Crippen molar-refractivity contribution >= 4 is 45.6 Å². The number of hydrogen-bond acceptors (Lipinski definition) is 5. The smallest absolute Gasteiger partial charge is 0.328 e. The van der Waals surface area contributed by atoms with Gasteiger partial charge >= 0.3 is 5.69 Å². The molecule has 0 fully saturated rings. The van der Waals surface area contributed by atoms with E-state index in [0.717, 1.165) is 11.1 Å². The Morgan fingerprint density at radius 3 is 2.48 bits per heavy atom. The molecule has 0 aliphatic carbocycles. The summed E-state index contributed by atoms with van der Waals surface area (Å²) in [6, 6.07) is 16.5. The lowest BCUT2D eigenvalue weighted by atomic mass is 10.1. The number of nitrogens with one attached hydrogen (secondary N) is 2. The summed E-state index contributed by atoms with van der Waals surface area (Å²) in [4.78, 5) is 36.0. The third kappa shape index (κ3) is 4.31. The second-order valence-electron chi connectivity index (χ2n) is 7.49. The van der Waals surface area contributed by atoms with Crippen LogP contribution in [0.2, 0.25) is 5.02 Å². The van der Waals surface area contributed by atoms with Crippen molar-refractivity contribution in [2.24, 2.45) is 14.1 Å². The molecule has 1 heterocycles. The quantitative estimate of drug-likeness (QED) is 0.325. The molecule has 0 atom stereocenters. The van der Waals surface area contributed by atoms with Crippen molar-refractivity contribution in [1.29, 1.82) is 0 Å². The number of amides is 1. The van der Waals surface area contributed by atoms with Crippen LogP contribution in [0, 0.1) is 10.1 Å². The Balaban J connectivity index is 1.57. The van der Waals surface area contributed by atoms with Crippen LogP contribution in [-0.2, 0) is 20.6 Å². The van der Waals surface area contributed by atoms with E-state index in [9.17, 15) is 19.7 Å². The zero-order valence-corrected chi connectivity index (χ0v) is 18.6. The molecular weight excluding hydrogens is 446 g/mol. The molecule has 0 unspecified atom stereocenters. The van der Waals surface area contributed by atoms with Crippen LogP contribution in [0.3, 0.4) is 0 Å². The zero-order chi connectivity index (χ0) is 23.7. The number of anilines is 2. The van der Waals surface area contributed by atoms with Gasteiger partial charge in [-0.15, -0.1) is 0 Å². The van der Waals surface area contributed by atoms with E-state index in [-0.39, 0.29) is 22.6 Å². The van der Waals surface area contributed by atoms with Crippen molar-refractivity contribution < 1.29 is 9.72 Å². The lowest BCUT2D eigenvalue weighted by molar-refractivity contribution is -0.384. The summed E-state index contributed by atoms with van der Waals surface area (Å²) in [5, 5.41) is 17.9. The van der Waals surface area contributed by atoms with Gasteiger partial charge in [0.2, 0.25) is 0 Å². The molecule has 2 N–H and O–H groups in total. The van der Waals surface area contributed by atoms with E-state index in [2.05, 4.69) is 10.6 Å². The van der Waals surface area contributed by atoms with Crippen molar-refractivity contribution in [1.82, 2.24) is 9.13 Å². The first-order valence-corrected chi connectivity index (χ1v) is 10.4. The normalized spacial score (nSPS) is 10.9. The van der Waals surface area contributed by atoms with Crippen molar-refractivity contribution in [3.8, 4) is 0 Å². The van der Waals surface area contributed by atoms with Gasteiger partial charge in [-0.05, 0) is 42.0 Å². The van der Waals surface area contributed by atoms with E-state index in [1.54, 1.807) is 44.4 Å². The predicted octanol–water partition coefficient (Wildman–Crippen LogP) is 4.30. The fourth-order valence-corrected chi connectivity index (χ4v) is 3.80. The fourth-order valence-electron chi connectivity index (χ4n) is 3.59. The van der Waals surface area contributed by atoms with Crippen LogP contribution in [-0.4, -0.2) is 20.0 Å². The van der Waals surface area contributed by atoms with Gasteiger partial charge in [0, 0.05) is 43.0 Å². The molecule has 10 heteroatoms. The molecule has 0 saturated carbocycles. The minimum absolute atomic E-state index is 0.132. The number of imidazole rings is 1. The highest BCUT2D eigenvalue weighted by Crippen LogP contribution is 2.28. The molecule has 1 aromatic heterocycles. The molecule has 33 heavy (non-hydrogen) atoms. The summed E-state index contributed by atoms with van der Waals surface area (Å²) in [5.41, 5.74) is 2.65. The Labute approximate surface area is 193 Å². The van der Waals surface area contributed by atoms with Crippen LogP contribution < -0.4 is 16.3 Å². The van der Waals surface area contributed by atoms with Crippen molar-refractivity contribution in [3.63, 3.8) is 0 Å². The van der Waals surface area contributed by atoms with Crippen molar-refractivity contribution in [3.05, 3.63) is 97.4 Å². The number of carbonyl (C=O) groups is 1. The van der Waals surface area contributed by atoms with E-state index in [1.165, 1.54) is 27.3 Å². The molecule has 9 nitrogen and oxygen atoms in total. The van der Waals surface area contributed by atoms with Crippen LogP contribution >= 0.6 is 11.6 Å². The number of aryl methyl sites for hydroxylation is 2. The van der Waals surface area contributed by atoms with Gasteiger partial charge in [0.1, 0.15) is 5.69 Å². The maximum Gasteiger partial charge on any atom is 0.328 e. The molecule has 0 saturated heterocycles. The number of rotatable bonds is 6. The van der Waals surface area contributed by atoms with Crippen LogP contribution in [0.4, 0.5) is 17.1 Å². The van der Waals surface area contributed by atoms with Gasteiger partial charge in [0.05, 0.1) is 16.0 Å². The van der Waals surface area contributed by atoms with Crippen LogP contribution in [0.25, 0.3) is 11.0 Å². The first-order valence-electron chi connectivity index (χ1n) is 9.99. The minimum atomic E-state index is -0.544. The average molecular weight is 466 g/mol. The third-order valence-electron chi connectivity index (χ3n) is 5.41. The zero-order valence-electron chi connectivity index (χ0n) is 17.8. The van der Waals surface area contributed by atoms with E-state index in [1.807, 2.05) is 12.1 Å². The number of hydrogen-bond donors (Lipinski definition) is 2. The molecular formula is C23H20ClN5O4. The Morgan fingerprint density at radius 1 is 1.03 bits per heavy atom. The second kappa shape index (κ2) is 8.79. The molecule has 1 amide bonds. The van der Waals surface area contributed by atoms with Crippen molar-refractivity contribution in [2.75, 3.05) is 10.6 Å². The summed E-state index contributed by atoms with van der Waals surface area (Å²) in [6.45, 7) is 0.294. The summed E-state index contributed by atoms with van der Waals surface area (Å²) in [6.07, 6.45) is 0. The van der Waals surface area contributed by atoms with Gasteiger partial charge in [0.25, 0.3) is 11.6 Å². The lowest BCUT2D eigenvalue weighted by Gasteiger charge is -2.10.